The van der Waals surface area contributed by atoms with Crippen molar-refractivity contribution in [1.82, 2.24) is 14.9 Å². The molecule has 20 heavy (non-hydrogen) atoms. The van der Waals surface area contributed by atoms with Crippen molar-refractivity contribution in [1.29, 1.82) is 0 Å². The van der Waals surface area contributed by atoms with Crippen LogP contribution in [0.1, 0.15) is 29.0 Å². The zero-order chi connectivity index (χ0) is 14.1. The van der Waals surface area contributed by atoms with Crippen LogP contribution >= 0.6 is 0 Å². The molecule has 2 heterocycles. The molecule has 3 rings (SSSR count). The normalized spacial score (nSPS) is 18.6. The highest BCUT2D eigenvalue weighted by atomic mass is 16.5. The number of aromatic nitrogens is 2. The number of benzene rings is 1. The molecule has 1 aromatic heterocycles. The van der Waals surface area contributed by atoms with Crippen LogP contribution < -0.4 is 5.32 Å². The van der Waals surface area contributed by atoms with Gasteiger partial charge in [0, 0.05) is 25.8 Å². The van der Waals surface area contributed by atoms with Crippen LogP contribution in [0.2, 0.25) is 0 Å². The molecule has 0 unspecified atom stereocenters. The number of nitrogens with one attached hydrogen (secondary N) is 1. The van der Waals surface area contributed by atoms with Gasteiger partial charge in [-0.3, -0.25) is 4.79 Å². The average molecular weight is 273 g/mol. The van der Waals surface area contributed by atoms with E-state index in [4.69, 9.17) is 4.74 Å². The Labute approximate surface area is 117 Å². The molecule has 5 nitrogen and oxygen atoms in total. The van der Waals surface area contributed by atoms with Gasteiger partial charge in [-0.05, 0) is 38.0 Å². The second kappa shape index (κ2) is 5.25. The Morgan fingerprint density at radius 2 is 2.40 bits per heavy atom. The van der Waals surface area contributed by atoms with Crippen molar-refractivity contribution >= 4 is 16.9 Å². The molecular weight excluding hydrogens is 254 g/mol. The molecule has 0 saturated carbocycles. The van der Waals surface area contributed by atoms with E-state index >= 15 is 0 Å². The van der Waals surface area contributed by atoms with Gasteiger partial charge in [-0.2, -0.15) is 0 Å². The van der Waals surface area contributed by atoms with Crippen LogP contribution in [-0.2, 0) is 11.8 Å². The molecule has 1 N–H and O–H groups in total. The minimum Gasteiger partial charge on any atom is -0.376 e. The smallest absolute Gasteiger partial charge is 0.251 e. The molecule has 1 aliphatic rings. The lowest BCUT2D eigenvalue weighted by Gasteiger charge is -2.10. The van der Waals surface area contributed by atoms with Gasteiger partial charge in [-0.25, -0.2) is 4.98 Å². The number of hydrogen-bond donors (Lipinski definition) is 1. The Kier molecular flexibility index (Phi) is 3.44. The van der Waals surface area contributed by atoms with Gasteiger partial charge in [0.1, 0.15) is 5.82 Å². The maximum absolute atomic E-state index is 12.1. The van der Waals surface area contributed by atoms with E-state index in [2.05, 4.69) is 10.3 Å². The first kappa shape index (κ1) is 13.1. The van der Waals surface area contributed by atoms with E-state index in [-0.39, 0.29) is 12.0 Å². The molecule has 0 aliphatic carbocycles. The number of amides is 1. The summed E-state index contributed by atoms with van der Waals surface area (Å²) in [6.45, 7) is 3.34. The van der Waals surface area contributed by atoms with Crippen LogP contribution in [0.5, 0.6) is 0 Å². The molecule has 1 amide bonds. The molecule has 1 aromatic carbocycles. The number of fused-ring (bicyclic) bond motifs is 1. The van der Waals surface area contributed by atoms with Gasteiger partial charge < -0.3 is 14.6 Å². The lowest BCUT2D eigenvalue weighted by atomic mass is 10.1. The van der Waals surface area contributed by atoms with Crippen LogP contribution in [0.4, 0.5) is 0 Å². The summed E-state index contributed by atoms with van der Waals surface area (Å²) in [5, 5.41) is 2.93. The summed E-state index contributed by atoms with van der Waals surface area (Å²) in [5.41, 5.74) is 2.54. The molecule has 0 spiro atoms. The molecule has 106 valence electrons. The van der Waals surface area contributed by atoms with Gasteiger partial charge in [0.2, 0.25) is 0 Å². The van der Waals surface area contributed by atoms with Crippen LogP contribution in [0.15, 0.2) is 18.2 Å². The highest BCUT2D eigenvalue weighted by molar-refractivity contribution is 5.97. The largest absolute Gasteiger partial charge is 0.376 e. The maximum atomic E-state index is 12.1. The Balaban J connectivity index is 1.74. The summed E-state index contributed by atoms with van der Waals surface area (Å²) >= 11 is 0. The quantitative estimate of drug-likeness (QED) is 0.927. The van der Waals surface area contributed by atoms with Gasteiger partial charge in [0.25, 0.3) is 5.91 Å². The van der Waals surface area contributed by atoms with Gasteiger partial charge in [0.05, 0.1) is 17.1 Å². The molecule has 1 atom stereocenters. The van der Waals surface area contributed by atoms with Crippen LogP contribution in [0.25, 0.3) is 11.0 Å². The van der Waals surface area contributed by atoms with Crippen molar-refractivity contribution in [2.75, 3.05) is 13.2 Å². The van der Waals surface area contributed by atoms with Crippen molar-refractivity contribution in [3.8, 4) is 0 Å². The van der Waals surface area contributed by atoms with Gasteiger partial charge in [0.15, 0.2) is 0 Å². The predicted molar refractivity (Wildman–Crippen MR) is 76.8 cm³/mol. The number of nitrogens with zero attached hydrogens (tertiary/aromatic N) is 2. The lowest BCUT2D eigenvalue weighted by molar-refractivity contribution is 0.0858. The van der Waals surface area contributed by atoms with Crippen molar-refractivity contribution < 1.29 is 9.53 Å². The Hall–Kier alpha value is -1.88. The third-order valence-electron chi connectivity index (χ3n) is 3.88. The predicted octanol–water partition coefficient (Wildman–Crippen LogP) is 1.79. The number of hydrogen-bond acceptors (Lipinski definition) is 3. The minimum absolute atomic E-state index is 0.0642. The SMILES string of the molecule is Cc1nc2cc(C(=O)NC[C@@H]3CCCO3)ccc2n1C. The number of carbonyl (C=O) groups excluding carboxylic acids is 1. The van der Waals surface area contributed by atoms with Crippen molar-refractivity contribution in [3.05, 3.63) is 29.6 Å². The fourth-order valence-electron chi connectivity index (χ4n) is 2.58. The Morgan fingerprint density at radius 1 is 1.55 bits per heavy atom. The minimum atomic E-state index is -0.0642. The Bertz CT molecular complexity index is 642. The standard InChI is InChI=1S/C15H19N3O2/c1-10-17-13-8-11(5-6-14(13)18(10)2)15(19)16-9-12-4-3-7-20-12/h5-6,8,12H,3-4,7,9H2,1-2H3,(H,16,19)/t12-/m0/s1. The third kappa shape index (κ3) is 2.41. The molecule has 1 saturated heterocycles. The summed E-state index contributed by atoms with van der Waals surface area (Å²) in [6.07, 6.45) is 2.28. The first-order valence-electron chi connectivity index (χ1n) is 6.98. The summed E-state index contributed by atoms with van der Waals surface area (Å²) < 4.78 is 7.52. The second-order valence-electron chi connectivity index (χ2n) is 5.27. The van der Waals surface area contributed by atoms with E-state index in [1.165, 1.54) is 0 Å². The number of carbonyl (C=O) groups is 1. The zero-order valence-electron chi connectivity index (χ0n) is 11.8. The molecule has 2 aromatic rings. The molecule has 0 bridgehead atoms. The number of rotatable bonds is 3. The molecule has 5 heteroatoms. The molecule has 1 fully saturated rings. The van der Waals surface area contributed by atoms with Crippen LogP contribution in [-0.4, -0.2) is 34.7 Å². The summed E-state index contributed by atoms with van der Waals surface area (Å²) in [5.74, 6) is 0.877. The van der Waals surface area contributed by atoms with E-state index in [9.17, 15) is 4.79 Å². The fourth-order valence-corrected chi connectivity index (χ4v) is 2.58. The number of ether oxygens (including phenoxy) is 1. The summed E-state index contributed by atoms with van der Waals surface area (Å²) in [6, 6.07) is 5.62. The van der Waals surface area contributed by atoms with Crippen molar-refractivity contribution in [2.45, 2.75) is 25.9 Å². The topological polar surface area (TPSA) is 56.1 Å². The summed E-state index contributed by atoms with van der Waals surface area (Å²) in [4.78, 5) is 16.6. The molecule has 0 radical (unpaired) electrons. The van der Waals surface area contributed by atoms with Gasteiger partial charge in [-0.1, -0.05) is 0 Å². The molecule has 1 aliphatic heterocycles. The average Bonchev–Trinajstić information content (AvgIpc) is 3.05. The van der Waals surface area contributed by atoms with E-state index in [1.807, 2.05) is 36.7 Å². The first-order chi connectivity index (χ1) is 9.65. The Morgan fingerprint density at radius 3 is 3.15 bits per heavy atom. The van der Waals surface area contributed by atoms with Crippen molar-refractivity contribution in [2.24, 2.45) is 7.05 Å². The van der Waals surface area contributed by atoms with Crippen LogP contribution in [0.3, 0.4) is 0 Å². The van der Waals surface area contributed by atoms with Crippen molar-refractivity contribution in [3.63, 3.8) is 0 Å². The van der Waals surface area contributed by atoms with Crippen LogP contribution in [0, 0.1) is 6.92 Å². The highest BCUT2D eigenvalue weighted by Gasteiger charge is 2.17. The monoisotopic (exact) mass is 273 g/mol. The molecular formula is C15H19N3O2. The second-order valence-corrected chi connectivity index (χ2v) is 5.27. The lowest BCUT2D eigenvalue weighted by Crippen LogP contribution is -2.31. The van der Waals surface area contributed by atoms with E-state index in [0.29, 0.717) is 12.1 Å². The number of imidazole rings is 1. The maximum Gasteiger partial charge on any atom is 0.251 e. The first-order valence-corrected chi connectivity index (χ1v) is 6.98. The summed E-state index contributed by atoms with van der Waals surface area (Å²) in [7, 11) is 1.97. The zero-order valence-corrected chi connectivity index (χ0v) is 11.8. The highest BCUT2D eigenvalue weighted by Crippen LogP contribution is 2.16. The fraction of sp³-hybridized carbons (Fsp3) is 0.467. The van der Waals surface area contributed by atoms with E-state index < -0.39 is 0 Å². The van der Waals surface area contributed by atoms with Gasteiger partial charge in [-0.15, -0.1) is 0 Å². The third-order valence-corrected chi connectivity index (χ3v) is 3.88. The van der Waals surface area contributed by atoms with E-state index in [0.717, 1.165) is 36.3 Å². The van der Waals surface area contributed by atoms with Gasteiger partial charge >= 0.3 is 0 Å². The van der Waals surface area contributed by atoms with E-state index in [1.54, 1.807) is 0 Å². The number of aryl methyl sites for hydroxylation is 2.